The van der Waals surface area contributed by atoms with Gasteiger partial charge in [0.05, 0.1) is 6.61 Å². The van der Waals surface area contributed by atoms with E-state index in [0.29, 0.717) is 25.1 Å². The van der Waals surface area contributed by atoms with Crippen molar-refractivity contribution >= 4 is 11.6 Å². The normalized spacial score (nSPS) is 21.8. The number of carbonyl (C=O) groups excluding carboxylic acids is 1. The molecule has 2 aromatic rings. The number of carbonyl (C=O) groups is 1. The number of nitrogens with one attached hydrogen (secondary N) is 3. The SMILES string of the molecule is COCc1cc2c(cc1CNC1CCCNC1c1ccccc1)CCC(=O)N2. The maximum absolute atomic E-state index is 11.7. The summed E-state index contributed by atoms with van der Waals surface area (Å²) in [4.78, 5) is 11.7. The van der Waals surface area contributed by atoms with E-state index in [-0.39, 0.29) is 5.91 Å². The van der Waals surface area contributed by atoms with Gasteiger partial charge in [-0.2, -0.15) is 0 Å². The molecular formula is C23H29N3O2. The van der Waals surface area contributed by atoms with E-state index < -0.39 is 0 Å². The molecule has 148 valence electrons. The number of rotatable bonds is 6. The molecule has 1 saturated heterocycles. The van der Waals surface area contributed by atoms with Gasteiger partial charge in [-0.1, -0.05) is 36.4 Å². The van der Waals surface area contributed by atoms with E-state index in [1.54, 1.807) is 7.11 Å². The summed E-state index contributed by atoms with van der Waals surface area (Å²) < 4.78 is 5.42. The fourth-order valence-electron chi connectivity index (χ4n) is 4.34. The Morgan fingerprint density at radius 3 is 2.82 bits per heavy atom. The van der Waals surface area contributed by atoms with Crippen molar-refractivity contribution in [2.45, 2.75) is 50.9 Å². The number of aryl methyl sites for hydroxylation is 1. The molecule has 4 rings (SSSR count). The number of methoxy groups -OCH3 is 1. The van der Waals surface area contributed by atoms with Crippen LogP contribution in [-0.2, 0) is 29.1 Å². The average molecular weight is 380 g/mol. The molecule has 0 radical (unpaired) electrons. The first-order valence-electron chi connectivity index (χ1n) is 10.2. The monoisotopic (exact) mass is 379 g/mol. The minimum absolute atomic E-state index is 0.0979. The van der Waals surface area contributed by atoms with Crippen LogP contribution >= 0.6 is 0 Å². The third-order valence-electron chi connectivity index (χ3n) is 5.79. The van der Waals surface area contributed by atoms with Crippen LogP contribution < -0.4 is 16.0 Å². The van der Waals surface area contributed by atoms with E-state index in [9.17, 15) is 4.79 Å². The predicted molar refractivity (Wildman–Crippen MR) is 111 cm³/mol. The lowest BCUT2D eigenvalue weighted by Gasteiger charge is -2.34. The van der Waals surface area contributed by atoms with Crippen molar-refractivity contribution in [3.05, 3.63) is 64.7 Å². The van der Waals surface area contributed by atoms with Crippen LogP contribution in [0.4, 0.5) is 5.69 Å². The number of ether oxygens (including phenoxy) is 1. The highest BCUT2D eigenvalue weighted by Crippen LogP contribution is 2.28. The minimum atomic E-state index is 0.0979. The molecule has 1 amide bonds. The standard InChI is InChI=1S/C23H29N3O2/c1-28-15-19-13-21-17(9-10-22(27)26-21)12-18(19)14-25-20-8-5-11-24-23(20)16-6-3-2-4-7-16/h2-4,6-7,12-13,20,23-25H,5,8-11,14-15H2,1H3,(H,26,27). The first-order chi connectivity index (χ1) is 13.7. The molecule has 2 aliphatic heterocycles. The van der Waals surface area contributed by atoms with Crippen molar-refractivity contribution < 1.29 is 9.53 Å². The van der Waals surface area contributed by atoms with E-state index in [0.717, 1.165) is 37.2 Å². The molecule has 2 atom stereocenters. The second kappa shape index (κ2) is 8.86. The fourth-order valence-corrected chi connectivity index (χ4v) is 4.34. The van der Waals surface area contributed by atoms with Crippen LogP contribution in [0.25, 0.3) is 0 Å². The van der Waals surface area contributed by atoms with Gasteiger partial charge in [0.25, 0.3) is 0 Å². The smallest absolute Gasteiger partial charge is 0.224 e. The molecule has 2 aliphatic rings. The summed E-state index contributed by atoms with van der Waals surface area (Å²) in [6, 6.07) is 15.7. The topological polar surface area (TPSA) is 62.4 Å². The van der Waals surface area contributed by atoms with Gasteiger partial charge in [-0.15, -0.1) is 0 Å². The summed E-state index contributed by atoms with van der Waals surface area (Å²) in [7, 11) is 1.71. The van der Waals surface area contributed by atoms with Crippen LogP contribution in [0.2, 0.25) is 0 Å². The Labute approximate surface area is 166 Å². The first-order valence-corrected chi connectivity index (χ1v) is 10.2. The van der Waals surface area contributed by atoms with Crippen LogP contribution in [0.15, 0.2) is 42.5 Å². The van der Waals surface area contributed by atoms with Gasteiger partial charge in [0.1, 0.15) is 0 Å². The summed E-state index contributed by atoms with van der Waals surface area (Å²) >= 11 is 0. The van der Waals surface area contributed by atoms with Gasteiger partial charge in [0.15, 0.2) is 0 Å². The molecule has 0 saturated carbocycles. The summed E-state index contributed by atoms with van der Waals surface area (Å²) in [5, 5.41) is 10.5. The van der Waals surface area contributed by atoms with Gasteiger partial charge < -0.3 is 20.7 Å². The highest BCUT2D eigenvalue weighted by Gasteiger charge is 2.26. The number of hydrogen-bond donors (Lipinski definition) is 3. The maximum Gasteiger partial charge on any atom is 0.224 e. The van der Waals surface area contributed by atoms with E-state index >= 15 is 0 Å². The Bertz CT molecular complexity index is 822. The Morgan fingerprint density at radius 2 is 2.00 bits per heavy atom. The number of amides is 1. The van der Waals surface area contributed by atoms with Crippen molar-refractivity contribution in [3.63, 3.8) is 0 Å². The highest BCUT2D eigenvalue weighted by molar-refractivity contribution is 5.94. The molecule has 28 heavy (non-hydrogen) atoms. The van der Waals surface area contributed by atoms with Gasteiger partial charge in [0.2, 0.25) is 5.91 Å². The van der Waals surface area contributed by atoms with Gasteiger partial charge in [0, 0.05) is 37.8 Å². The average Bonchev–Trinajstić information content (AvgIpc) is 2.73. The van der Waals surface area contributed by atoms with E-state index in [1.165, 1.54) is 23.1 Å². The second-order valence-electron chi connectivity index (χ2n) is 7.73. The lowest BCUT2D eigenvalue weighted by molar-refractivity contribution is -0.116. The Morgan fingerprint density at radius 1 is 1.14 bits per heavy atom. The van der Waals surface area contributed by atoms with Gasteiger partial charge >= 0.3 is 0 Å². The minimum Gasteiger partial charge on any atom is -0.380 e. The lowest BCUT2D eigenvalue weighted by atomic mass is 9.91. The van der Waals surface area contributed by atoms with E-state index in [2.05, 4.69) is 58.4 Å². The molecule has 2 heterocycles. The van der Waals surface area contributed by atoms with Crippen LogP contribution in [0.5, 0.6) is 0 Å². The second-order valence-corrected chi connectivity index (χ2v) is 7.73. The van der Waals surface area contributed by atoms with E-state index in [1.807, 2.05) is 0 Å². The molecule has 0 aliphatic carbocycles. The fraction of sp³-hybridized carbons (Fsp3) is 0.435. The third kappa shape index (κ3) is 4.27. The molecule has 0 bridgehead atoms. The molecule has 5 heteroatoms. The van der Waals surface area contributed by atoms with Crippen LogP contribution in [0, 0.1) is 0 Å². The van der Waals surface area contributed by atoms with Crippen molar-refractivity contribution in [3.8, 4) is 0 Å². The summed E-state index contributed by atoms with van der Waals surface area (Å²) in [6.45, 7) is 2.41. The summed E-state index contributed by atoms with van der Waals surface area (Å²) in [6.07, 6.45) is 3.71. The summed E-state index contributed by atoms with van der Waals surface area (Å²) in [5.41, 5.74) is 5.89. The quantitative estimate of drug-likeness (QED) is 0.721. The van der Waals surface area contributed by atoms with Crippen molar-refractivity contribution in [2.75, 3.05) is 19.0 Å². The molecular weight excluding hydrogens is 350 g/mol. The van der Waals surface area contributed by atoms with Crippen LogP contribution in [0.1, 0.15) is 47.6 Å². The predicted octanol–water partition coefficient (Wildman–Crippen LogP) is 3.30. The molecule has 1 fully saturated rings. The van der Waals surface area contributed by atoms with Gasteiger partial charge in [-0.25, -0.2) is 0 Å². The zero-order valence-electron chi connectivity index (χ0n) is 16.5. The number of piperidine rings is 1. The molecule has 2 aromatic carbocycles. The molecule has 0 aromatic heterocycles. The Kier molecular flexibility index (Phi) is 6.05. The van der Waals surface area contributed by atoms with Crippen molar-refractivity contribution in [2.24, 2.45) is 0 Å². The van der Waals surface area contributed by atoms with Crippen LogP contribution in [0.3, 0.4) is 0 Å². The Hall–Kier alpha value is -2.21. The Balaban J connectivity index is 1.52. The number of anilines is 1. The van der Waals surface area contributed by atoms with Gasteiger partial charge in [-0.3, -0.25) is 4.79 Å². The third-order valence-corrected chi connectivity index (χ3v) is 5.79. The van der Waals surface area contributed by atoms with Gasteiger partial charge in [-0.05, 0) is 54.1 Å². The highest BCUT2D eigenvalue weighted by atomic mass is 16.5. The number of hydrogen-bond acceptors (Lipinski definition) is 4. The molecule has 2 unspecified atom stereocenters. The molecule has 3 N–H and O–H groups in total. The summed E-state index contributed by atoms with van der Waals surface area (Å²) in [5.74, 6) is 0.0979. The number of benzene rings is 2. The van der Waals surface area contributed by atoms with Crippen molar-refractivity contribution in [1.29, 1.82) is 0 Å². The van der Waals surface area contributed by atoms with E-state index in [4.69, 9.17) is 4.74 Å². The largest absolute Gasteiger partial charge is 0.380 e. The lowest BCUT2D eigenvalue weighted by Crippen LogP contribution is -2.45. The zero-order valence-corrected chi connectivity index (χ0v) is 16.5. The molecule has 0 spiro atoms. The molecule has 5 nitrogen and oxygen atoms in total. The number of fused-ring (bicyclic) bond motifs is 1. The maximum atomic E-state index is 11.7. The van der Waals surface area contributed by atoms with Crippen molar-refractivity contribution in [1.82, 2.24) is 10.6 Å². The van der Waals surface area contributed by atoms with Crippen LogP contribution in [-0.4, -0.2) is 25.6 Å². The zero-order chi connectivity index (χ0) is 19.3. The first kappa shape index (κ1) is 19.1.